The molecule has 6 aromatic rings. The average Bonchev–Trinajstić information content (AvgIpc) is 3.61. The summed E-state index contributed by atoms with van der Waals surface area (Å²) in [4.78, 5) is 41.4. The molecule has 0 aliphatic heterocycles. The highest BCUT2D eigenvalue weighted by atomic mass is 32.2. The average molecular weight is 817 g/mol. The van der Waals surface area contributed by atoms with Crippen LogP contribution in [0.15, 0.2) is 183 Å². The molecule has 1 aliphatic carbocycles. The van der Waals surface area contributed by atoms with Gasteiger partial charge in [-0.25, -0.2) is 4.79 Å². The van der Waals surface area contributed by atoms with Crippen molar-refractivity contribution in [3.05, 3.63) is 216 Å². The molecule has 0 aromatic heterocycles. The maximum Gasteiger partial charge on any atom is 0.407 e. The molecule has 1 aliphatic rings. The standard InChI is InChI=1S/C51H48N2O6S/c1-2-31-58-48(55)33-47(54)45(32-36-19-7-3-8-20-36)52-49(56)46(53-50(57)59-34-44-42-29-17-15-27-40(42)41-28-16-18-30-43(41)44)35-60-51(37-21-9-4-10-22-37,38-23-11-5-12-24-38)39-25-13-6-14-26-39/h2-30,44-47,54H,1,31-35H2,(H,52,56)(H,53,57)/t45-,46?,47+/m1/s1. The molecule has 0 fully saturated rings. The molecule has 0 saturated heterocycles. The first kappa shape index (κ1) is 41.7. The van der Waals surface area contributed by atoms with Crippen LogP contribution >= 0.6 is 11.8 Å². The minimum atomic E-state index is -1.30. The summed E-state index contributed by atoms with van der Waals surface area (Å²) < 4.78 is 10.4. The third kappa shape index (κ3) is 9.71. The van der Waals surface area contributed by atoms with Crippen molar-refractivity contribution in [1.29, 1.82) is 0 Å². The molecule has 3 N–H and O–H groups in total. The van der Waals surface area contributed by atoms with Gasteiger partial charge in [0.1, 0.15) is 19.3 Å². The summed E-state index contributed by atoms with van der Waals surface area (Å²) in [5, 5.41) is 17.4. The smallest absolute Gasteiger partial charge is 0.407 e. The van der Waals surface area contributed by atoms with Gasteiger partial charge in [0.15, 0.2) is 0 Å². The Morgan fingerprint density at radius 3 is 1.67 bits per heavy atom. The second-order valence-electron chi connectivity index (χ2n) is 14.7. The highest BCUT2D eigenvalue weighted by Gasteiger charge is 2.39. The highest BCUT2D eigenvalue weighted by molar-refractivity contribution is 8.00. The van der Waals surface area contributed by atoms with E-state index in [4.69, 9.17) is 9.47 Å². The summed E-state index contributed by atoms with van der Waals surface area (Å²) in [6.07, 6.45) is -0.744. The van der Waals surface area contributed by atoms with E-state index in [0.717, 1.165) is 44.5 Å². The fourth-order valence-corrected chi connectivity index (χ4v) is 9.46. The first-order valence-electron chi connectivity index (χ1n) is 20.1. The number of thioether (sulfide) groups is 1. The lowest BCUT2D eigenvalue weighted by Gasteiger charge is -2.36. The maximum absolute atomic E-state index is 14.7. The van der Waals surface area contributed by atoms with E-state index < -0.39 is 40.9 Å². The Morgan fingerprint density at radius 1 is 0.667 bits per heavy atom. The lowest BCUT2D eigenvalue weighted by atomic mass is 9.84. The van der Waals surface area contributed by atoms with E-state index in [1.807, 2.05) is 109 Å². The zero-order valence-electron chi connectivity index (χ0n) is 33.2. The number of aliphatic hydroxyl groups excluding tert-OH is 1. The van der Waals surface area contributed by atoms with E-state index in [2.05, 4.69) is 77.9 Å². The van der Waals surface area contributed by atoms with E-state index in [0.29, 0.717) is 0 Å². The van der Waals surface area contributed by atoms with Gasteiger partial charge in [0.25, 0.3) is 0 Å². The highest BCUT2D eigenvalue weighted by Crippen LogP contribution is 2.49. The number of alkyl carbamates (subject to hydrolysis) is 1. The number of ether oxygens (including phenoxy) is 2. The van der Waals surface area contributed by atoms with Crippen molar-refractivity contribution < 1.29 is 29.0 Å². The second kappa shape index (κ2) is 20.0. The van der Waals surface area contributed by atoms with Crippen LogP contribution in [0.1, 0.15) is 45.7 Å². The van der Waals surface area contributed by atoms with Crippen LogP contribution in [0.25, 0.3) is 11.1 Å². The molecule has 2 amide bonds. The van der Waals surface area contributed by atoms with Crippen LogP contribution in [0.3, 0.4) is 0 Å². The number of benzene rings is 6. The lowest BCUT2D eigenvalue weighted by Crippen LogP contribution is -2.55. The molecule has 60 heavy (non-hydrogen) atoms. The van der Waals surface area contributed by atoms with Crippen molar-refractivity contribution in [3.63, 3.8) is 0 Å². The number of carbonyl (C=O) groups excluding carboxylic acids is 3. The van der Waals surface area contributed by atoms with Gasteiger partial charge in [-0.3, -0.25) is 9.59 Å². The van der Waals surface area contributed by atoms with Gasteiger partial charge in [-0.05, 0) is 50.9 Å². The van der Waals surface area contributed by atoms with Crippen LogP contribution < -0.4 is 10.6 Å². The van der Waals surface area contributed by atoms with Crippen LogP contribution in [-0.4, -0.2) is 60.2 Å². The third-order valence-electron chi connectivity index (χ3n) is 10.8. The maximum atomic E-state index is 14.7. The van der Waals surface area contributed by atoms with E-state index >= 15 is 0 Å². The van der Waals surface area contributed by atoms with Crippen LogP contribution in [0.5, 0.6) is 0 Å². The Labute approximate surface area is 355 Å². The number of amides is 2. The van der Waals surface area contributed by atoms with E-state index in [-0.39, 0.29) is 37.7 Å². The second-order valence-corrected chi connectivity index (χ2v) is 15.9. The molecule has 6 aromatic carbocycles. The summed E-state index contributed by atoms with van der Waals surface area (Å²) in [7, 11) is 0. The number of hydrogen-bond donors (Lipinski definition) is 3. The molecule has 8 nitrogen and oxygen atoms in total. The molecule has 0 radical (unpaired) electrons. The number of nitrogens with one attached hydrogen (secondary N) is 2. The molecule has 0 heterocycles. The van der Waals surface area contributed by atoms with Crippen LogP contribution in [0.4, 0.5) is 4.79 Å². The van der Waals surface area contributed by atoms with Gasteiger partial charge >= 0.3 is 12.1 Å². The van der Waals surface area contributed by atoms with E-state index in [9.17, 15) is 19.5 Å². The van der Waals surface area contributed by atoms with Crippen molar-refractivity contribution in [2.45, 2.75) is 41.7 Å². The Balaban J connectivity index is 1.20. The summed E-state index contributed by atoms with van der Waals surface area (Å²) in [5.74, 6) is -1.25. The van der Waals surface area contributed by atoms with Crippen molar-refractivity contribution in [3.8, 4) is 11.1 Å². The predicted molar refractivity (Wildman–Crippen MR) is 238 cm³/mol. The SMILES string of the molecule is C=CCOC(=O)C[C@H](O)[C@@H](Cc1ccccc1)NC(=O)C(CSC(c1ccccc1)(c1ccccc1)c1ccccc1)NC(=O)OCC1c2ccccc2-c2ccccc21. The lowest BCUT2D eigenvalue weighted by molar-refractivity contribution is -0.145. The number of esters is 1. The van der Waals surface area contributed by atoms with Crippen molar-refractivity contribution in [1.82, 2.24) is 10.6 Å². The fraction of sp³-hybridized carbons (Fsp3) is 0.196. The zero-order valence-corrected chi connectivity index (χ0v) is 34.0. The van der Waals surface area contributed by atoms with Gasteiger partial charge < -0.3 is 25.2 Å². The van der Waals surface area contributed by atoms with E-state index in [1.54, 1.807) is 0 Å². The van der Waals surface area contributed by atoms with Gasteiger partial charge in [0.2, 0.25) is 5.91 Å². The van der Waals surface area contributed by atoms with Gasteiger partial charge in [-0.2, -0.15) is 0 Å². The number of fused-ring (bicyclic) bond motifs is 3. The topological polar surface area (TPSA) is 114 Å². The van der Waals surface area contributed by atoms with Crippen LogP contribution in [0, 0.1) is 0 Å². The van der Waals surface area contributed by atoms with E-state index in [1.165, 1.54) is 17.8 Å². The monoisotopic (exact) mass is 816 g/mol. The molecule has 3 atom stereocenters. The molecular formula is C51H48N2O6S. The van der Waals surface area contributed by atoms with Crippen LogP contribution in [0.2, 0.25) is 0 Å². The van der Waals surface area contributed by atoms with Crippen molar-refractivity contribution >= 4 is 29.7 Å². The minimum absolute atomic E-state index is 0.00336. The Bertz CT molecular complexity index is 2220. The van der Waals surface area contributed by atoms with Crippen molar-refractivity contribution in [2.24, 2.45) is 0 Å². The number of carbonyl (C=O) groups is 3. The molecule has 304 valence electrons. The largest absolute Gasteiger partial charge is 0.461 e. The fourth-order valence-electron chi connectivity index (χ4n) is 7.90. The molecule has 0 spiro atoms. The zero-order chi connectivity index (χ0) is 41.7. The molecule has 7 rings (SSSR count). The van der Waals surface area contributed by atoms with Gasteiger partial charge in [0, 0.05) is 11.7 Å². The quantitative estimate of drug-likeness (QED) is 0.0452. The number of hydrogen-bond acceptors (Lipinski definition) is 7. The van der Waals surface area contributed by atoms with Gasteiger partial charge in [-0.15, -0.1) is 11.8 Å². The summed E-state index contributed by atoms with van der Waals surface area (Å²) in [6.45, 7) is 3.65. The summed E-state index contributed by atoms with van der Waals surface area (Å²) in [5.41, 5.74) is 8.15. The van der Waals surface area contributed by atoms with Crippen LogP contribution in [-0.2, 0) is 30.2 Å². The first-order chi connectivity index (χ1) is 29.4. The predicted octanol–water partition coefficient (Wildman–Crippen LogP) is 8.83. The summed E-state index contributed by atoms with van der Waals surface area (Å²) >= 11 is 1.51. The Hall–Kier alpha value is -6.42. The Kier molecular flexibility index (Phi) is 13.9. The molecule has 0 bridgehead atoms. The van der Waals surface area contributed by atoms with Gasteiger partial charge in [0.05, 0.1) is 23.3 Å². The molecule has 0 saturated carbocycles. The molecule has 9 heteroatoms. The number of aliphatic hydroxyl groups is 1. The molecular weight excluding hydrogens is 769 g/mol. The third-order valence-corrected chi connectivity index (χ3v) is 12.4. The van der Waals surface area contributed by atoms with Gasteiger partial charge in [-0.1, -0.05) is 183 Å². The summed E-state index contributed by atoms with van der Waals surface area (Å²) in [6, 6.07) is 53.8. The Morgan fingerprint density at radius 2 is 1.15 bits per heavy atom. The normalized spacial score (nSPS) is 13.5. The minimum Gasteiger partial charge on any atom is -0.461 e. The first-order valence-corrected chi connectivity index (χ1v) is 21.1. The molecule has 1 unspecified atom stereocenters. The van der Waals surface area contributed by atoms with Crippen molar-refractivity contribution in [2.75, 3.05) is 19.0 Å². The number of rotatable bonds is 18.